The first-order chi connectivity index (χ1) is 24.0. The van der Waals surface area contributed by atoms with Gasteiger partial charge in [-0.05, 0) is 86.6 Å². The highest BCUT2D eigenvalue weighted by molar-refractivity contribution is 7.09. The van der Waals surface area contributed by atoms with Gasteiger partial charge in [0.15, 0.2) is 0 Å². The van der Waals surface area contributed by atoms with Crippen LogP contribution >= 0.6 is 11.3 Å². The number of esters is 1. The lowest BCUT2D eigenvalue weighted by molar-refractivity contribution is -0.134. The van der Waals surface area contributed by atoms with Gasteiger partial charge in [-0.1, -0.05) is 96.3 Å². The summed E-state index contributed by atoms with van der Waals surface area (Å²) in [5, 5.41) is 8.00. The average molecular weight is 696 g/mol. The first kappa shape index (κ1) is 40.7. The molecule has 49 heavy (non-hydrogen) atoms. The number of benzene rings is 1. The number of carbonyl (C=O) groups is 3. The Labute approximate surface area is 301 Å². The van der Waals surface area contributed by atoms with Crippen LogP contribution < -0.4 is 15.4 Å². The molecule has 1 aromatic carbocycles. The lowest BCUT2D eigenvalue weighted by atomic mass is 9.86. The van der Waals surface area contributed by atoms with Crippen molar-refractivity contribution in [2.75, 3.05) is 26.2 Å². The molecule has 274 valence electrons. The summed E-state index contributed by atoms with van der Waals surface area (Å²) in [7, 11) is 0. The van der Waals surface area contributed by atoms with E-state index in [4.69, 9.17) is 4.74 Å². The Morgan fingerprint density at radius 2 is 1.39 bits per heavy atom. The standard InChI is InChI=1S/C41H65N3O4S/c1-3-28-42-39(45)22-15-13-11-9-7-5-6-8-10-12-14-16-23-40(46)43-29-26-41(47)48-38-21-17-19-34-33-35(24-25-37(34)38)44(30-4-2)31-27-36-20-18-32-49-36/h17-21,32,35H,3-16,22-31,33H2,1-2H3,(H,42,45)(H,43,46). The predicted molar refractivity (Wildman–Crippen MR) is 203 cm³/mol. The summed E-state index contributed by atoms with van der Waals surface area (Å²) in [4.78, 5) is 40.7. The Morgan fingerprint density at radius 3 is 1.98 bits per heavy atom. The molecule has 7 nitrogen and oxygen atoms in total. The van der Waals surface area contributed by atoms with Crippen molar-refractivity contribution in [3.63, 3.8) is 0 Å². The van der Waals surface area contributed by atoms with Crippen molar-refractivity contribution in [1.82, 2.24) is 15.5 Å². The molecule has 3 rings (SSSR count). The van der Waals surface area contributed by atoms with Gasteiger partial charge < -0.3 is 15.4 Å². The molecule has 1 unspecified atom stereocenters. The fourth-order valence-electron chi connectivity index (χ4n) is 6.89. The molecule has 2 N–H and O–H groups in total. The van der Waals surface area contributed by atoms with Gasteiger partial charge in [-0.2, -0.15) is 0 Å². The summed E-state index contributed by atoms with van der Waals surface area (Å²) in [6, 6.07) is 11.0. The summed E-state index contributed by atoms with van der Waals surface area (Å²) < 4.78 is 5.82. The Balaban J connectivity index is 1.19. The lowest BCUT2D eigenvalue weighted by Gasteiger charge is -2.35. The number of rotatable bonds is 27. The van der Waals surface area contributed by atoms with Crippen LogP contribution in [0.2, 0.25) is 0 Å². The third-order valence-electron chi connectivity index (χ3n) is 9.67. The molecule has 1 aromatic heterocycles. The number of fused-ring (bicyclic) bond motifs is 1. The summed E-state index contributed by atoms with van der Waals surface area (Å²) >= 11 is 1.84. The van der Waals surface area contributed by atoms with Gasteiger partial charge in [-0.3, -0.25) is 19.3 Å². The minimum atomic E-state index is -0.286. The van der Waals surface area contributed by atoms with Crippen LogP contribution in [0.25, 0.3) is 0 Å². The number of ether oxygens (including phenoxy) is 1. The molecule has 2 aromatic rings. The average Bonchev–Trinajstić information content (AvgIpc) is 3.63. The highest BCUT2D eigenvalue weighted by Gasteiger charge is 2.26. The van der Waals surface area contributed by atoms with Crippen molar-refractivity contribution in [2.45, 2.75) is 155 Å². The largest absolute Gasteiger partial charge is 0.426 e. The van der Waals surface area contributed by atoms with Crippen molar-refractivity contribution in [3.8, 4) is 5.75 Å². The molecule has 8 heteroatoms. The second-order valence-corrected chi connectivity index (χ2v) is 14.9. The van der Waals surface area contributed by atoms with Crippen LogP contribution in [0.1, 0.15) is 145 Å². The lowest BCUT2D eigenvalue weighted by Crippen LogP contribution is -2.41. The maximum absolute atomic E-state index is 12.7. The second kappa shape index (κ2) is 25.3. The SMILES string of the molecule is CCCNC(=O)CCCCCCCCCCCCCCC(=O)NCCC(=O)Oc1cccc2c1CCC(N(CCC)CCc1cccs1)C2. The Bertz CT molecular complexity index is 1200. The zero-order valence-corrected chi connectivity index (χ0v) is 31.5. The van der Waals surface area contributed by atoms with Crippen molar-refractivity contribution in [3.05, 3.63) is 51.7 Å². The maximum atomic E-state index is 12.7. The third kappa shape index (κ3) is 17.2. The van der Waals surface area contributed by atoms with E-state index in [1.54, 1.807) is 0 Å². The normalized spacial score (nSPS) is 14.1. The van der Waals surface area contributed by atoms with Gasteiger partial charge in [-0.25, -0.2) is 0 Å². The monoisotopic (exact) mass is 695 g/mol. The van der Waals surface area contributed by atoms with E-state index in [-0.39, 0.29) is 24.2 Å². The van der Waals surface area contributed by atoms with Gasteiger partial charge in [0.2, 0.25) is 11.8 Å². The van der Waals surface area contributed by atoms with E-state index in [1.807, 2.05) is 23.5 Å². The fourth-order valence-corrected chi connectivity index (χ4v) is 7.59. The van der Waals surface area contributed by atoms with Gasteiger partial charge in [0, 0.05) is 43.4 Å². The van der Waals surface area contributed by atoms with Crippen molar-refractivity contribution >= 4 is 29.1 Å². The van der Waals surface area contributed by atoms with Gasteiger partial charge in [0.1, 0.15) is 5.75 Å². The number of amides is 2. The van der Waals surface area contributed by atoms with E-state index in [0.29, 0.717) is 31.2 Å². The number of nitrogens with zero attached hydrogens (tertiary/aromatic N) is 1. The smallest absolute Gasteiger partial charge is 0.312 e. The fraction of sp³-hybridized carbons (Fsp3) is 0.683. The summed E-state index contributed by atoms with van der Waals surface area (Å²) in [6.45, 7) is 7.63. The third-order valence-corrected chi connectivity index (χ3v) is 10.6. The van der Waals surface area contributed by atoms with Crippen molar-refractivity contribution in [1.29, 1.82) is 0 Å². The van der Waals surface area contributed by atoms with Crippen molar-refractivity contribution < 1.29 is 19.1 Å². The van der Waals surface area contributed by atoms with E-state index < -0.39 is 0 Å². The molecular weight excluding hydrogens is 631 g/mol. The van der Waals surface area contributed by atoms with Crippen LogP contribution in [0.15, 0.2) is 35.7 Å². The molecule has 0 aliphatic heterocycles. The van der Waals surface area contributed by atoms with Gasteiger partial charge >= 0.3 is 5.97 Å². The van der Waals surface area contributed by atoms with Gasteiger partial charge in [0.25, 0.3) is 0 Å². The van der Waals surface area contributed by atoms with E-state index in [1.165, 1.54) is 67.4 Å². The number of hydrogen-bond acceptors (Lipinski definition) is 6. The van der Waals surface area contributed by atoms with Gasteiger partial charge in [0.05, 0.1) is 6.42 Å². The highest BCUT2D eigenvalue weighted by Crippen LogP contribution is 2.32. The molecule has 1 aliphatic rings. The van der Waals surface area contributed by atoms with Crippen LogP contribution in [0.3, 0.4) is 0 Å². The second-order valence-electron chi connectivity index (χ2n) is 13.8. The molecule has 0 radical (unpaired) electrons. The molecule has 0 saturated heterocycles. The molecular formula is C41H65N3O4S. The van der Waals surface area contributed by atoms with Crippen LogP contribution in [0, 0.1) is 0 Å². The van der Waals surface area contributed by atoms with Gasteiger partial charge in [-0.15, -0.1) is 11.3 Å². The first-order valence-corrected chi connectivity index (χ1v) is 20.5. The number of unbranched alkanes of at least 4 members (excludes halogenated alkanes) is 11. The Morgan fingerprint density at radius 1 is 0.755 bits per heavy atom. The molecule has 0 spiro atoms. The summed E-state index contributed by atoms with van der Waals surface area (Å²) in [5.74, 6) is 0.623. The summed E-state index contributed by atoms with van der Waals surface area (Å²) in [6.07, 6.45) is 21.8. The van der Waals surface area contributed by atoms with E-state index in [9.17, 15) is 14.4 Å². The molecule has 0 fully saturated rings. The summed E-state index contributed by atoms with van der Waals surface area (Å²) in [5.41, 5.74) is 2.46. The molecule has 1 atom stereocenters. The van der Waals surface area contributed by atoms with E-state index in [0.717, 1.165) is 83.8 Å². The first-order valence-electron chi connectivity index (χ1n) is 19.6. The maximum Gasteiger partial charge on any atom is 0.312 e. The van der Waals surface area contributed by atoms with Crippen LogP contribution in [0.4, 0.5) is 0 Å². The molecule has 0 bridgehead atoms. The zero-order chi connectivity index (χ0) is 34.9. The van der Waals surface area contributed by atoms with Crippen LogP contribution in [-0.4, -0.2) is 54.9 Å². The zero-order valence-electron chi connectivity index (χ0n) is 30.7. The number of thiophene rings is 1. The molecule has 0 saturated carbocycles. The number of carbonyl (C=O) groups excluding carboxylic acids is 3. The Hall–Kier alpha value is -2.71. The molecule has 2 amide bonds. The Kier molecular flexibility index (Phi) is 21.0. The highest BCUT2D eigenvalue weighted by atomic mass is 32.1. The van der Waals surface area contributed by atoms with E-state index >= 15 is 0 Å². The van der Waals surface area contributed by atoms with Crippen molar-refractivity contribution in [2.24, 2.45) is 0 Å². The van der Waals surface area contributed by atoms with Crippen LogP contribution in [-0.2, 0) is 33.6 Å². The van der Waals surface area contributed by atoms with Crippen LogP contribution in [0.5, 0.6) is 5.75 Å². The quantitative estimate of drug-likeness (QED) is 0.0554. The van der Waals surface area contributed by atoms with E-state index in [2.05, 4.69) is 53.0 Å². The molecule has 1 heterocycles. The predicted octanol–water partition coefficient (Wildman–Crippen LogP) is 8.96. The minimum Gasteiger partial charge on any atom is -0.426 e. The molecule has 1 aliphatic carbocycles. The minimum absolute atomic E-state index is 0.0215. The topological polar surface area (TPSA) is 87.7 Å². The number of hydrogen-bond donors (Lipinski definition) is 2. The number of nitrogens with one attached hydrogen (secondary N) is 2.